The predicted octanol–water partition coefficient (Wildman–Crippen LogP) is 2.93. The molecule has 29 heavy (non-hydrogen) atoms. The Labute approximate surface area is 168 Å². The van der Waals surface area contributed by atoms with Crippen LogP contribution in [0.1, 0.15) is 46.1 Å². The van der Waals surface area contributed by atoms with Gasteiger partial charge in [0.05, 0.1) is 17.9 Å². The zero-order valence-corrected chi connectivity index (χ0v) is 16.2. The lowest BCUT2D eigenvalue weighted by atomic mass is 9.88. The maximum Gasteiger partial charge on any atom is 0.342 e. The van der Waals surface area contributed by atoms with E-state index in [2.05, 4.69) is 21.5 Å². The standard InChI is InChI=1S/C22H22N4O3/c1-15-18(13-24-26(15)20-11-4-5-12-23-20)22(28)29-14-21(27)25-19-10-6-8-16-7-2-3-9-17(16)19/h2-5,7,9,11-13,19H,6,8,10,14H2,1H3,(H,25,27). The number of fused-ring (bicyclic) bond motifs is 1. The molecule has 3 aromatic rings. The predicted molar refractivity (Wildman–Crippen MR) is 107 cm³/mol. The molecule has 0 spiro atoms. The summed E-state index contributed by atoms with van der Waals surface area (Å²) in [4.78, 5) is 29.0. The molecular weight excluding hydrogens is 368 g/mol. The summed E-state index contributed by atoms with van der Waals surface area (Å²) in [6, 6.07) is 13.5. The Bertz CT molecular complexity index is 1030. The van der Waals surface area contributed by atoms with E-state index in [-0.39, 0.29) is 18.6 Å². The van der Waals surface area contributed by atoms with Crippen molar-refractivity contribution in [3.63, 3.8) is 0 Å². The Morgan fingerprint density at radius 1 is 1.21 bits per heavy atom. The molecule has 1 atom stereocenters. The van der Waals surface area contributed by atoms with Crippen molar-refractivity contribution in [1.29, 1.82) is 0 Å². The summed E-state index contributed by atoms with van der Waals surface area (Å²) in [7, 11) is 0. The molecule has 7 nitrogen and oxygen atoms in total. The summed E-state index contributed by atoms with van der Waals surface area (Å²) in [5.74, 6) is -0.281. The molecule has 0 bridgehead atoms. The van der Waals surface area contributed by atoms with Gasteiger partial charge in [0.1, 0.15) is 5.56 Å². The van der Waals surface area contributed by atoms with Gasteiger partial charge in [-0.1, -0.05) is 30.3 Å². The Balaban J connectivity index is 1.37. The summed E-state index contributed by atoms with van der Waals surface area (Å²) in [5, 5.41) is 7.19. The topological polar surface area (TPSA) is 86.1 Å². The number of hydrogen-bond donors (Lipinski definition) is 1. The van der Waals surface area contributed by atoms with Crippen molar-refractivity contribution in [1.82, 2.24) is 20.1 Å². The largest absolute Gasteiger partial charge is 0.452 e. The van der Waals surface area contributed by atoms with E-state index in [4.69, 9.17) is 4.74 Å². The highest BCUT2D eigenvalue weighted by Gasteiger charge is 2.23. The number of aryl methyl sites for hydroxylation is 1. The molecular formula is C22H22N4O3. The van der Waals surface area contributed by atoms with Gasteiger partial charge in [-0.15, -0.1) is 0 Å². The van der Waals surface area contributed by atoms with E-state index in [0.717, 1.165) is 24.8 Å². The first-order valence-electron chi connectivity index (χ1n) is 9.64. The van der Waals surface area contributed by atoms with Crippen molar-refractivity contribution >= 4 is 11.9 Å². The number of hydrogen-bond acceptors (Lipinski definition) is 5. The van der Waals surface area contributed by atoms with E-state index in [0.29, 0.717) is 17.1 Å². The number of pyridine rings is 1. The number of carbonyl (C=O) groups excluding carboxylic acids is 2. The Kier molecular flexibility index (Phi) is 5.37. The van der Waals surface area contributed by atoms with Gasteiger partial charge >= 0.3 is 5.97 Å². The molecule has 4 rings (SSSR count). The van der Waals surface area contributed by atoms with Crippen LogP contribution >= 0.6 is 0 Å². The SMILES string of the molecule is Cc1c(C(=O)OCC(=O)NC2CCCc3ccccc32)cnn1-c1ccccn1. The van der Waals surface area contributed by atoms with E-state index in [1.165, 1.54) is 11.8 Å². The molecule has 148 valence electrons. The smallest absolute Gasteiger partial charge is 0.342 e. The van der Waals surface area contributed by atoms with E-state index < -0.39 is 5.97 Å². The Morgan fingerprint density at radius 3 is 2.86 bits per heavy atom. The highest BCUT2D eigenvalue weighted by molar-refractivity contribution is 5.92. The van der Waals surface area contributed by atoms with Crippen molar-refractivity contribution in [2.75, 3.05) is 6.61 Å². The van der Waals surface area contributed by atoms with Gasteiger partial charge in [0, 0.05) is 6.20 Å². The van der Waals surface area contributed by atoms with E-state index in [9.17, 15) is 9.59 Å². The van der Waals surface area contributed by atoms with Gasteiger partial charge in [-0.25, -0.2) is 14.5 Å². The molecule has 2 aromatic heterocycles. The number of nitrogens with one attached hydrogen (secondary N) is 1. The van der Waals surface area contributed by atoms with Gasteiger partial charge in [-0.05, 0) is 49.4 Å². The molecule has 1 N–H and O–H groups in total. The second kappa shape index (κ2) is 8.26. The fraction of sp³-hybridized carbons (Fsp3) is 0.273. The maximum absolute atomic E-state index is 12.4. The number of aromatic nitrogens is 3. The number of benzene rings is 1. The lowest BCUT2D eigenvalue weighted by molar-refractivity contribution is -0.125. The molecule has 0 aliphatic heterocycles. The lowest BCUT2D eigenvalue weighted by Crippen LogP contribution is -2.34. The number of carbonyl (C=O) groups is 2. The number of rotatable bonds is 5. The van der Waals surface area contributed by atoms with Crippen LogP contribution in [0.15, 0.2) is 54.9 Å². The van der Waals surface area contributed by atoms with Gasteiger partial charge in [-0.2, -0.15) is 5.10 Å². The van der Waals surface area contributed by atoms with Crippen molar-refractivity contribution < 1.29 is 14.3 Å². The fourth-order valence-corrected chi connectivity index (χ4v) is 3.67. The lowest BCUT2D eigenvalue weighted by Gasteiger charge is -2.26. The van der Waals surface area contributed by atoms with Crippen LogP contribution in [0, 0.1) is 6.92 Å². The minimum absolute atomic E-state index is 0.0419. The first-order valence-corrected chi connectivity index (χ1v) is 9.64. The fourth-order valence-electron chi connectivity index (χ4n) is 3.67. The summed E-state index contributed by atoms with van der Waals surface area (Å²) < 4.78 is 6.79. The highest BCUT2D eigenvalue weighted by atomic mass is 16.5. The molecule has 2 heterocycles. The monoisotopic (exact) mass is 390 g/mol. The van der Waals surface area contributed by atoms with Crippen molar-refractivity contribution in [2.24, 2.45) is 0 Å². The maximum atomic E-state index is 12.4. The van der Waals surface area contributed by atoms with Crippen LogP contribution in [-0.4, -0.2) is 33.2 Å². The van der Waals surface area contributed by atoms with Crippen LogP contribution in [0.3, 0.4) is 0 Å². The summed E-state index contributed by atoms with van der Waals surface area (Å²) in [6.45, 7) is 1.43. The third-order valence-electron chi connectivity index (χ3n) is 5.13. The second-order valence-corrected chi connectivity index (χ2v) is 7.03. The van der Waals surface area contributed by atoms with Crippen LogP contribution in [-0.2, 0) is 16.0 Å². The van der Waals surface area contributed by atoms with Gasteiger partial charge in [0.15, 0.2) is 12.4 Å². The third-order valence-corrected chi connectivity index (χ3v) is 5.13. The van der Waals surface area contributed by atoms with Crippen LogP contribution in [0.2, 0.25) is 0 Å². The van der Waals surface area contributed by atoms with Gasteiger partial charge in [-0.3, -0.25) is 4.79 Å². The molecule has 1 aromatic carbocycles. The number of esters is 1. The van der Waals surface area contributed by atoms with Crippen molar-refractivity contribution in [2.45, 2.75) is 32.2 Å². The summed E-state index contributed by atoms with van der Waals surface area (Å²) >= 11 is 0. The minimum Gasteiger partial charge on any atom is -0.452 e. The van der Waals surface area contributed by atoms with Crippen molar-refractivity contribution in [3.05, 3.63) is 77.2 Å². The van der Waals surface area contributed by atoms with Crippen LogP contribution in [0.4, 0.5) is 0 Å². The van der Waals surface area contributed by atoms with Crippen LogP contribution < -0.4 is 5.32 Å². The zero-order valence-electron chi connectivity index (χ0n) is 16.2. The quantitative estimate of drug-likeness (QED) is 0.677. The first-order chi connectivity index (χ1) is 14.1. The molecule has 1 aliphatic rings. The number of nitrogens with zero attached hydrogens (tertiary/aromatic N) is 3. The molecule has 0 saturated heterocycles. The molecule has 0 radical (unpaired) electrons. The zero-order chi connectivity index (χ0) is 20.2. The molecule has 0 saturated carbocycles. The van der Waals surface area contributed by atoms with Gasteiger partial charge in [0.25, 0.3) is 5.91 Å². The van der Waals surface area contributed by atoms with E-state index in [1.54, 1.807) is 29.9 Å². The van der Waals surface area contributed by atoms with Crippen LogP contribution in [0.25, 0.3) is 5.82 Å². The average molecular weight is 390 g/mol. The number of ether oxygens (including phenoxy) is 1. The minimum atomic E-state index is -0.580. The summed E-state index contributed by atoms with van der Waals surface area (Å²) in [6.07, 6.45) is 6.02. The number of amides is 1. The normalized spacial score (nSPS) is 15.4. The Hall–Kier alpha value is -3.48. The molecule has 7 heteroatoms. The van der Waals surface area contributed by atoms with Crippen LogP contribution in [0.5, 0.6) is 0 Å². The van der Waals surface area contributed by atoms with Gasteiger partial charge < -0.3 is 10.1 Å². The Morgan fingerprint density at radius 2 is 2.03 bits per heavy atom. The average Bonchev–Trinajstić information content (AvgIpc) is 3.14. The van der Waals surface area contributed by atoms with Gasteiger partial charge in [0.2, 0.25) is 0 Å². The second-order valence-electron chi connectivity index (χ2n) is 7.03. The molecule has 1 amide bonds. The van der Waals surface area contributed by atoms with E-state index >= 15 is 0 Å². The van der Waals surface area contributed by atoms with Crippen molar-refractivity contribution in [3.8, 4) is 5.82 Å². The molecule has 1 aliphatic carbocycles. The molecule has 0 fully saturated rings. The first kappa shape index (κ1) is 18.9. The third kappa shape index (κ3) is 4.03. The summed E-state index contributed by atoms with van der Waals surface area (Å²) in [5.41, 5.74) is 3.33. The molecule has 1 unspecified atom stereocenters. The highest BCUT2D eigenvalue weighted by Crippen LogP contribution is 2.29. The van der Waals surface area contributed by atoms with E-state index in [1.807, 2.05) is 24.3 Å².